The second kappa shape index (κ2) is 6.01. The summed E-state index contributed by atoms with van der Waals surface area (Å²) in [5.41, 5.74) is 1.05. The molecule has 0 atom stereocenters. The van der Waals surface area contributed by atoms with Gasteiger partial charge in [0.25, 0.3) is 0 Å². The van der Waals surface area contributed by atoms with Gasteiger partial charge in [-0.15, -0.1) is 0 Å². The fourth-order valence-corrected chi connectivity index (χ4v) is 2.86. The van der Waals surface area contributed by atoms with Crippen molar-refractivity contribution in [3.63, 3.8) is 0 Å². The van der Waals surface area contributed by atoms with Crippen molar-refractivity contribution in [3.8, 4) is 0 Å². The predicted octanol–water partition coefficient (Wildman–Crippen LogP) is 3.22. The number of ether oxygens (including phenoxy) is 1. The van der Waals surface area contributed by atoms with Crippen molar-refractivity contribution in [1.29, 1.82) is 0 Å². The molecule has 0 aromatic rings. The Morgan fingerprint density at radius 3 is 2.36 bits per heavy atom. The highest BCUT2D eigenvalue weighted by molar-refractivity contribution is 6.76. The fraction of sp³-hybridized carbons (Fsp3) is 0.727. The molecule has 0 aromatic carbocycles. The van der Waals surface area contributed by atoms with Gasteiger partial charge in [0, 0.05) is 14.5 Å². The third-order valence-electron chi connectivity index (χ3n) is 1.67. The Balaban J connectivity index is 3.70. The average Bonchev–Trinajstić information content (AvgIpc) is 1.98. The molecule has 0 radical (unpaired) electrons. The smallest absolute Gasteiger partial charge is 0.306 e. The molecule has 82 valence electrons. The van der Waals surface area contributed by atoms with Crippen LogP contribution in [0.25, 0.3) is 0 Å². The highest BCUT2D eigenvalue weighted by Crippen LogP contribution is 2.14. The van der Waals surface area contributed by atoms with E-state index >= 15 is 0 Å². The Hall–Kier alpha value is -0.573. The highest BCUT2D eigenvalue weighted by Gasteiger charge is 2.15. The number of carbonyl (C=O) groups is 1. The first-order chi connectivity index (χ1) is 6.35. The maximum Gasteiger partial charge on any atom is 0.306 e. The average molecular weight is 214 g/mol. The van der Waals surface area contributed by atoms with Gasteiger partial charge in [-0.3, -0.25) is 4.79 Å². The summed E-state index contributed by atoms with van der Waals surface area (Å²) in [7, 11) is -1.10. The summed E-state index contributed by atoms with van der Waals surface area (Å²) < 4.78 is 5.07. The van der Waals surface area contributed by atoms with Gasteiger partial charge in [-0.25, -0.2) is 0 Å². The van der Waals surface area contributed by atoms with Crippen LogP contribution in [0.4, 0.5) is 0 Å². The van der Waals surface area contributed by atoms with Gasteiger partial charge in [-0.1, -0.05) is 33.1 Å². The molecule has 0 saturated carbocycles. The molecular weight excluding hydrogens is 192 g/mol. The van der Waals surface area contributed by atoms with Gasteiger partial charge in [0.05, 0.1) is 0 Å². The topological polar surface area (TPSA) is 26.3 Å². The summed E-state index contributed by atoms with van der Waals surface area (Å²) >= 11 is 0. The first-order valence-electron chi connectivity index (χ1n) is 5.17. The molecule has 0 rings (SSSR count). The Kier molecular flexibility index (Phi) is 5.77. The summed E-state index contributed by atoms with van der Waals surface area (Å²) in [6, 6.07) is 1.03. The molecule has 0 fully saturated rings. The molecule has 0 amide bonds. The van der Waals surface area contributed by atoms with Crippen molar-refractivity contribution in [3.05, 3.63) is 12.2 Å². The molecule has 0 aromatic heterocycles. The van der Waals surface area contributed by atoms with E-state index in [-0.39, 0.29) is 5.97 Å². The maximum atomic E-state index is 11.1. The van der Waals surface area contributed by atoms with Crippen LogP contribution >= 0.6 is 0 Å². The Labute approximate surface area is 88.4 Å². The molecule has 3 heteroatoms. The van der Waals surface area contributed by atoms with E-state index in [4.69, 9.17) is 4.74 Å². The molecule has 0 aliphatic rings. The molecule has 2 nitrogen and oxygen atoms in total. The lowest BCUT2D eigenvalue weighted by atomic mass is 10.3. The standard InChI is InChI=1S/C11H22O2Si/c1-6-7-11(12)13-8-10(2)9-14(3,4)5/h2,6-9H2,1,3-5H3. The normalized spacial score (nSPS) is 11.1. The van der Waals surface area contributed by atoms with Crippen LogP contribution in [0.3, 0.4) is 0 Å². The lowest BCUT2D eigenvalue weighted by Gasteiger charge is -2.17. The monoisotopic (exact) mass is 214 g/mol. The molecule has 0 aliphatic carbocycles. The van der Waals surface area contributed by atoms with Gasteiger partial charge in [-0.2, -0.15) is 0 Å². The quantitative estimate of drug-likeness (QED) is 0.385. The second-order valence-electron chi connectivity index (χ2n) is 4.90. The lowest BCUT2D eigenvalue weighted by Crippen LogP contribution is -2.21. The summed E-state index contributed by atoms with van der Waals surface area (Å²) in [6.45, 7) is 13.2. The van der Waals surface area contributed by atoms with Crippen LogP contribution in [0.2, 0.25) is 25.7 Å². The van der Waals surface area contributed by atoms with E-state index in [0.717, 1.165) is 18.0 Å². The van der Waals surface area contributed by atoms with Crippen molar-refractivity contribution < 1.29 is 9.53 Å². The molecule has 0 N–H and O–H groups in total. The summed E-state index contributed by atoms with van der Waals surface area (Å²) in [6.07, 6.45) is 1.36. The van der Waals surface area contributed by atoms with E-state index in [1.165, 1.54) is 0 Å². The van der Waals surface area contributed by atoms with E-state index in [1.807, 2.05) is 6.92 Å². The van der Waals surface area contributed by atoms with Crippen LogP contribution in [0.1, 0.15) is 19.8 Å². The minimum Gasteiger partial charge on any atom is -0.461 e. The SMILES string of the molecule is C=C(COC(=O)CCC)C[Si](C)(C)C. The van der Waals surface area contributed by atoms with Gasteiger partial charge in [-0.05, 0) is 18.0 Å². The molecule has 0 bridgehead atoms. The Morgan fingerprint density at radius 2 is 1.93 bits per heavy atom. The first-order valence-corrected chi connectivity index (χ1v) is 8.88. The van der Waals surface area contributed by atoms with Crippen molar-refractivity contribution >= 4 is 14.0 Å². The van der Waals surface area contributed by atoms with Crippen LogP contribution in [0.15, 0.2) is 12.2 Å². The zero-order chi connectivity index (χ0) is 11.2. The molecule has 14 heavy (non-hydrogen) atoms. The van der Waals surface area contributed by atoms with E-state index in [1.54, 1.807) is 0 Å². The van der Waals surface area contributed by atoms with Gasteiger partial charge < -0.3 is 4.74 Å². The molecule has 0 heterocycles. The molecular formula is C11H22O2Si. The van der Waals surface area contributed by atoms with Gasteiger partial charge in [0.15, 0.2) is 0 Å². The van der Waals surface area contributed by atoms with Crippen LogP contribution in [-0.4, -0.2) is 20.7 Å². The maximum absolute atomic E-state index is 11.1. The van der Waals surface area contributed by atoms with E-state index in [9.17, 15) is 4.79 Å². The number of carbonyl (C=O) groups excluding carboxylic acids is 1. The summed E-state index contributed by atoms with van der Waals surface area (Å²) in [5.74, 6) is -0.107. The van der Waals surface area contributed by atoms with Gasteiger partial charge in [0.1, 0.15) is 6.61 Å². The lowest BCUT2D eigenvalue weighted by molar-refractivity contribution is -0.142. The van der Waals surface area contributed by atoms with E-state index in [0.29, 0.717) is 13.0 Å². The minimum absolute atomic E-state index is 0.107. The van der Waals surface area contributed by atoms with Gasteiger partial charge >= 0.3 is 5.97 Å². The van der Waals surface area contributed by atoms with Crippen LogP contribution in [0, 0.1) is 0 Å². The number of esters is 1. The van der Waals surface area contributed by atoms with Crippen LogP contribution < -0.4 is 0 Å². The van der Waals surface area contributed by atoms with E-state index < -0.39 is 8.07 Å². The zero-order valence-electron chi connectivity index (χ0n) is 9.85. The number of rotatable bonds is 6. The summed E-state index contributed by atoms with van der Waals surface area (Å²) in [5, 5.41) is 0. The van der Waals surface area contributed by atoms with Crippen molar-refractivity contribution in [1.82, 2.24) is 0 Å². The van der Waals surface area contributed by atoms with Crippen LogP contribution in [0.5, 0.6) is 0 Å². The fourth-order valence-electron chi connectivity index (χ4n) is 1.26. The van der Waals surface area contributed by atoms with Crippen LogP contribution in [-0.2, 0) is 9.53 Å². The minimum atomic E-state index is -1.10. The zero-order valence-corrected chi connectivity index (χ0v) is 10.9. The number of hydrogen-bond acceptors (Lipinski definition) is 2. The van der Waals surface area contributed by atoms with E-state index in [2.05, 4.69) is 26.2 Å². The first kappa shape index (κ1) is 13.4. The Morgan fingerprint density at radius 1 is 1.36 bits per heavy atom. The third-order valence-corrected chi connectivity index (χ3v) is 3.23. The summed E-state index contributed by atoms with van der Waals surface area (Å²) in [4.78, 5) is 11.1. The number of hydrogen-bond donors (Lipinski definition) is 0. The Bertz CT molecular complexity index is 204. The van der Waals surface area contributed by atoms with Crippen molar-refractivity contribution in [2.24, 2.45) is 0 Å². The van der Waals surface area contributed by atoms with Crippen molar-refractivity contribution in [2.75, 3.05) is 6.61 Å². The second-order valence-corrected chi connectivity index (χ2v) is 10.4. The predicted molar refractivity (Wildman–Crippen MR) is 63.2 cm³/mol. The largest absolute Gasteiger partial charge is 0.461 e. The van der Waals surface area contributed by atoms with Crippen molar-refractivity contribution in [2.45, 2.75) is 45.5 Å². The van der Waals surface area contributed by atoms with Gasteiger partial charge in [0.2, 0.25) is 0 Å². The highest BCUT2D eigenvalue weighted by atomic mass is 28.3. The molecule has 0 aliphatic heterocycles. The third kappa shape index (κ3) is 8.04. The molecule has 0 unspecified atom stereocenters. The molecule has 0 saturated heterocycles. The molecule has 0 spiro atoms.